The minimum Gasteiger partial charge on any atom is -0.415 e. The molecule has 11 heteroatoms. The van der Waals surface area contributed by atoms with Crippen molar-refractivity contribution >= 4 is 50.4 Å². The van der Waals surface area contributed by atoms with Gasteiger partial charge in [0.1, 0.15) is 0 Å². The van der Waals surface area contributed by atoms with E-state index in [9.17, 15) is 16.8 Å². The van der Waals surface area contributed by atoms with E-state index in [1.165, 1.54) is 0 Å². The molecule has 0 saturated carbocycles. The van der Waals surface area contributed by atoms with Gasteiger partial charge >= 0.3 is 0 Å². The van der Waals surface area contributed by atoms with Gasteiger partial charge in [-0.1, -0.05) is 32.9 Å². The zero-order valence-electron chi connectivity index (χ0n) is 21.4. The molecule has 0 unspecified atom stereocenters. The third-order valence-corrected chi connectivity index (χ3v) is 12.1. The maximum atomic E-state index is 11.5. The predicted octanol–water partition coefficient (Wildman–Crippen LogP) is 4.77. The third-order valence-electron chi connectivity index (χ3n) is 6.46. The van der Waals surface area contributed by atoms with E-state index in [0.717, 1.165) is 45.4 Å². The molecule has 1 aromatic heterocycles. The zero-order valence-corrected chi connectivity index (χ0v) is 24.0. The summed E-state index contributed by atoms with van der Waals surface area (Å²) in [5.74, 6) is 0. The van der Waals surface area contributed by atoms with E-state index in [4.69, 9.17) is 12.8 Å². The van der Waals surface area contributed by atoms with E-state index in [1.807, 2.05) is 36.4 Å². The predicted molar refractivity (Wildman–Crippen MR) is 142 cm³/mol. The molecule has 3 rings (SSSR count). The number of rotatable bonds is 10. The van der Waals surface area contributed by atoms with Crippen molar-refractivity contribution in [2.24, 2.45) is 0 Å². The second-order valence-electron chi connectivity index (χ2n) is 10.4. The minimum atomic E-state index is -3.57. The number of benzene rings is 2. The van der Waals surface area contributed by atoms with Crippen molar-refractivity contribution in [2.45, 2.75) is 58.7 Å². The van der Waals surface area contributed by atoms with E-state index < -0.39 is 28.6 Å². The molecule has 0 N–H and O–H groups in total. The van der Waals surface area contributed by atoms with Crippen LogP contribution in [0.4, 0.5) is 0 Å². The standard InChI is InChI=1S/C24H35NO7S2Si/c1-24(2,3)35(6,7)32-13-12-25-22-10-8-18(16-30-33(4,26)27)14-20(22)21-15-19(9-11-23(21)25)17-31-34(5,28)29/h8-11,14-15H,12-13,16-17H2,1-7H3. The summed E-state index contributed by atoms with van der Waals surface area (Å²) in [5.41, 5.74) is 3.39. The molecule has 0 aliphatic carbocycles. The van der Waals surface area contributed by atoms with Crippen LogP contribution in [0.3, 0.4) is 0 Å². The van der Waals surface area contributed by atoms with Gasteiger partial charge in [0.2, 0.25) is 0 Å². The molecule has 0 saturated heterocycles. The van der Waals surface area contributed by atoms with Gasteiger partial charge in [-0.3, -0.25) is 8.37 Å². The van der Waals surface area contributed by atoms with Crippen LogP contribution in [0, 0.1) is 0 Å². The molecule has 0 aliphatic heterocycles. The molecule has 0 atom stereocenters. The van der Waals surface area contributed by atoms with Gasteiger partial charge in [-0.15, -0.1) is 0 Å². The van der Waals surface area contributed by atoms with Gasteiger partial charge in [0.15, 0.2) is 8.32 Å². The smallest absolute Gasteiger partial charge is 0.264 e. The van der Waals surface area contributed by atoms with Crippen molar-refractivity contribution in [2.75, 3.05) is 19.1 Å². The van der Waals surface area contributed by atoms with E-state index in [0.29, 0.717) is 13.2 Å². The summed E-state index contributed by atoms with van der Waals surface area (Å²) in [5, 5.41) is 1.95. The van der Waals surface area contributed by atoms with Gasteiger partial charge in [0.25, 0.3) is 20.2 Å². The van der Waals surface area contributed by atoms with Gasteiger partial charge in [0, 0.05) is 28.4 Å². The van der Waals surface area contributed by atoms with Crippen LogP contribution in [0.25, 0.3) is 21.8 Å². The van der Waals surface area contributed by atoms with E-state index in [-0.39, 0.29) is 18.3 Å². The Labute approximate surface area is 209 Å². The Balaban J connectivity index is 2.02. The molecule has 0 radical (unpaired) electrons. The Bertz CT molecular complexity index is 1340. The van der Waals surface area contributed by atoms with Crippen LogP contribution < -0.4 is 0 Å². The lowest BCUT2D eigenvalue weighted by atomic mass is 10.1. The number of hydrogen-bond donors (Lipinski definition) is 0. The average molecular weight is 542 g/mol. The van der Waals surface area contributed by atoms with Crippen LogP contribution in [-0.2, 0) is 52.8 Å². The summed E-state index contributed by atoms with van der Waals surface area (Å²) in [7, 11) is -9.05. The van der Waals surface area contributed by atoms with Gasteiger partial charge < -0.3 is 8.99 Å². The fraction of sp³-hybridized carbons (Fsp3) is 0.500. The lowest BCUT2D eigenvalue weighted by Gasteiger charge is -2.36. The first-order chi connectivity index (χ1) is 16.0. The fourth-order valence-electron chi connectivity index (χ4n) is 3.58. The van der Waals surface area contributed by atoms with Gasteiger partial charge in [0.05, 0.1) is 32.3 Å². The summed E-state index contributed by atoms with van der Waals surface area (Å²) >= 11 is 0. The fourth-order valence-corrected chi connectivity index (χ4v) is 5.31. The maximum absolute atomic E-state index is 11.5. The number of fused-ring (bicyclic) bond motifs is 3. The van der Waals surface area contributed by atoms with Crippen molar-refractivity contribution in [1.29, 1.82) is 0 Å². The molecule has 0 bridgehead atoms. The zero-order chi connectivity index (χ0) is 26.2. The van der Waals surface area contributed by atoms with Crippen molar-refractivity contribution < 1.29 is 29.6 Å². The van der Waals surface area contributed by atoms with Crippen LogP contribution in [0.1, 0.15) is 31.9 Å². The number of nitrogens with zero attached hydrogens (tertiary/aromatic N) is 1. The van der Waals surface area contributed by atoms with Crippen molar-refractivity contribution in [3.63, 3.8) is 0 Å². The van der Waals surface area contributed by atoms with E-state index in [1.54, 1.807) is 0 Å². The second kappa shape index (κ2) is 9.95. The Morgan fingerprint density at radius 1 is 0.800 bits per heavy atom. The highest BCUT2D eigenvalue weighted by molar-refractivity contribution is 7.86. The number of aromatic nitrogens is 1. The number of hydrogen-bond acceptors (Lipinski definition) is 7. The summed E-state index contributed by atoms with van der Waals surface area (Å²) in [6, 6.07) is 11.4. The summed E-state index contributed by atoms with van der Waals surface area (Å²) in [4.78, 5) is 0. The van der Waals surface area contributed by atoms with Crippen LogP contribution in [0.2, 0.25) is 18.1 Å². The third kappa shape index (κ3) is 7.14. The minimum absolute atomic E-state index is 0.0627. The first-order valence-corrected chi connectivity index (χ1v) is 17.9. The van der Waals surface area contributed by atoms with Crippen molar-refractivity contribution in [3.05, 3.63) is 47.5 Å². The first kappa shape index (κ1) is 27.8. The quantitative estimate of drug-likeness (QED) is 0.269. The van der Waals surface area contributed by atoms with Crippen LogP contribution >= 0.6 is 0 Å². The summed E-state index contributed by atoms with van der Waals surface area (Å²) < 4.78 is 64.4. The summed E-state index contributed by atoms with van der Waals surface area (Å²) in [6.07, 6.45) is 2.04. The highest BCUT2D eigenvalue weighted by atomic mass is 32.2. The lowest BCUT2D eigenvalue weighted by molar-refractivity contribution is 0.275. The summed E-state index contributed by atoms with van der Waals surface area (Å²) in [6.45, 7) is 12.2. The molecule has 0 fully saturated rings. The molecule has 2 aromatic carbocycles. The SMILES string of the molecule is CC(C)(C)[Si](C)(C)OCCn1c2ccc(COS(C)(=O)=O)cc2c2cc(COS(C)(=O)=O)ccc21. The Morgan fingerprint density at radius 2 is 1.23 bits per heavy atom. The Morgan fingerprint density at radius 3 is 1.60 bits per heavy atom. The maximum Gasteiger partial charge on any atom is 0.264 e. The average Bonchev–Trinajstić information content (AvgIpc) is 3.01. The molecule has 1 heterocycles. The van der Waals surface area contributed by atoms with Gasteiger partial charge in [-0.25, -0.2) is 0 Å². The second-order valence-corrected chi connectivity index (χ2v) is 18.5. The van der Waals surface area contributed by atoms with Gasteiger partial charge in [-0.2, -0.15) is 16.8 Å². The van der Waals surface area contributed by atoms with Crippen molar-refractivity contribution in [3.8, 4) is 0 Å². The molecule has 3 aromatic rings. The highest BCUT2D eigenvalue weighted by Crippen LogP contribution is 2.37. The largest absolute Gasteiger partial charge is 0.415 e. The molecule has 0 amide bonds. The lowest BCUT2D eigenvalue weighted by Crippen LogP contribution is -2.41. The monoisotopic (exact) mass is 541 g/mol. The molecule has 194 valence electrons. The van der Waals surface area contributed by atoms with E-state index >= 15 is 0 Å². The van der Waals surface area contributed by atoms with Gasteiger partial charge in [-0.05, 0) is 53.5 Å². The van der Waals surface area contributed by atoms with Crippen LogP contribution in [-0.4, -0.2) is 48.8 Å². The molecule has 0 spiro atoms. The normalized spacial score (nSPS) is 13.7. The van der Waals surface area contributed by atoms with Crippen molar-refractivity contribution in [1.82, 2.24) is 4.57 Å². The van der Waals surface area contributed by atoms with Crippen LogP contribution in [0.15, 0.2) is 36.4 Å². The Kier molecular flexibility index (Phi) is 7.91. The molecular formula is C24H35NO7S2Si. The highest BCUT2D eigenvalue weighted by Gasteiger charge is 2.36. The van der Waals surface area contributed by atoms with Crippen LogP contribution in [0.5, 0.6) is 0 Å². The first-order valence-electron chi connectivity index (χ1n) is 11.3. The molecule has 8 nitrogen and oxygen atoms in total. The molecule has 0 aliphatic rings. The topological polar surface area (TPSA) is 101 Å². The molecular weight excluding hydrogens is 506 g/mol. The molecule has 35 heavy (non-hydrogen) atoms. The Hall–Kier alpha value is -1.76. The van der Waals surface area contributed by atoms with E-state index in [2.05, 4.69) is 38.4 Å².